The summed E-state index contributed by atoms with van der Waals surface area (Å²) in [5, 5.41) is 13.4. The first-order valence-corrected chi connectivity index (χ1v) is 6.78. The zero-order chi connectivity index (χ0) is 12.6. The second-order valence-corrected chi connectivity index (χ2v) is 5.51. The number of hydrogen-bond acceptors (Lipinski definition) is 4. The third-order valence-electron chi connectivity index (χ3n) is 4.36. The minimum absolute atomic E-state index is 0.129. The minimum atomic E-state index is -0.685. The number of nitrogens with zero attached hydrogens (tertiary/aromatic N) is 2. The molecule has 0 aromatic rings. The topological polar surface area (TPSA) is 65.0 Å². The van der Waals surface area contributed by atoms with Gasteiger partial charge in [0.25, 0.3) is 0 Å². The number of nitrogens with one attached hydrogen (secondary N) is 1. The highest BCUT2D eigenvalue weighted by Gasteiger charge is 2.52. The smallest absolute Gasteiger partial charge is 0.321 e. The summed E-state index contributed by atoms with van der Waals surface area (Å²) in [6, 6.07) is -0.129. The maximum Gasteiger partial charge on any atom is 0.321 e. The Bertz CT molecular complexity index is 325. The lowest BCUT2D eigenvalue weighted by atomic mass is 9.97. The van der Waals surface area contributed by atoms with Gasteiger partial charge in [-0.2, -0.15) is 0 Å². The first-order chi connectivity index (χ1) is 8.71. The van der Waals surface area contributed by atoms with Crippen molar-refractivity contribution in [1.29, 1.82) is 0 Å². The van der Waals surface area contributed by atoms with E-state index in [1.807, 2.05) is 0 Å². The Morgan fingerprint density at radius 2 is 2.00 bits per heavy atom. The van der Waals surface area contributed by atoms with Gasteiger partial charge in [-0.1, -0.05) is 12.8 Å². The van der Waals surface area contributed by atoms with Gasteiger partial charge in [0.05, 0.1) is 25.4 Å². The van der Waals surface area contributed by atoms with Crippen LogP contribution in [0.1, 0.15) is 25.7 Å². The molecule has 6 nitrogen and oxygen atoms in total. The van der Waals surface area contributed by atoms with Gasteiger partial charge in [-0.15, -0.1) is 0 Å². The van der Waals surface area contributed by atoms with Gasteiger partial charge in [-0.3, -0.25) is 9.80 Å². The van der Waals surface area contributed by atoms with Crippen LogP contribution in [0.3, 0.4) is 0 Å². The Morgan fingerprint density at radius 3 is 2.67 bits per heavy atom. The molecular weight excluding hydrogens is 234 g/mol. The van der Waals surface area contributed by atoms with E-state index >= 15 is 0 Å². The molecule has 18 heavy (non-hydrogen) atoms. The number of rotatable bonds is 2. The average Bonchev–Trinajstić information content (AvgIpc) is 2.93. The standard InChI is InChI=1S/C12H21N3O3/c16-10-12(3-1-2-4-12)13-11(17)15(10)9-14-5-7-18-8-6-14/h10,16H,1-9H2,(H,13,17). The molecule has 0 bridgehead atoms. The van der Waals surface area contributed by atoms with Crippen LogP contribution in [0.25, 0.3) is 0 Å². The van der Waals surface area contributed by atoms with Crippen LogP contribution in [0.4, 0.5) is 4.79 Å². The SMILES string of the molecule is O=C1NC2(CCCC2)C(O)N1CN1CCOCC1. The molecule has 1 saturated carbocycles. The summed E-state index contributed by atoms with van der Waals surface area (Å²) < 4.78 is 5.29. The quantitative estimate of drug-likeness (QED) is 0.725. The fraction of sp³-hybridized carbons (Fsp3) is 0.917. The van der Waals surface area contributed by atoms with E-state index in [1.54, 1.807) is 4.90 Å². The minimum Gasteiger partial charge on any atom is -0.379 e. The van der Waals surface area contributed by atoms with Crippen LogP contribution in [0, 0.1) is 0 Å². The van der Waals surface area contributed by atoms with Crippen molar-refractivity contribution in [3.8, 4) is 0 Å². The van der Waals surface area contributed by atoms with Gasteiger partial charge in [0.1, 0.15) is 0 Å². The molecule has 1 spiro atoms. The lowest BCUT2D eigenvalue weighted by molar-refractivity contribution is -0.0411. The number of amides is 2. The highest BCUT2D eigenvalue weighted by atomic mass is 16.5. The second kappa shape index (κ2) is 4.68. The van der Waals surface area contributed by atoms with Crippen LogP contribution < -0.4 is 5.32 Å². The summed E-state index contributed by atoms with van der Waals surface area (Å²) in [5.41, 5.74) is -0.386. The number of aliphatic hydroxyl groups excluding tert-OH is 1. The molecule has 6 heteroatoms. The van der Waals surface area contributed by atoms with Crippen molar-refractivity contribution in [2.24, 2.45) is 0 Å². The third-order valence-corrected chi connectivity index (χ3v) is 4.36. The van der Waals surface area contributed by atoms with Gasteiger partial charge in [-0.05, 0) is 12.8 Å². The lowest BCUT2D eigenvalue weighted by Gasteiger charge is -2.34. The Hall–Kier alpha value is -0.850. The van der Waals surface area contributed by atoms with Gasteiger partial charge in [0, 0.05) is 13.1 Å². The van der Waals surface area contributed by atoms with Crippen molar-refractivity contribution in [3.63, 3.8) is 0 Å². The molecule has 3 rings (SSSR count). The largest absolute Gasteiger partial charge is 0.379 e. The molecule has 2 amide bonds. The first-order valence-electron chi connectivity index (χ1n) is 6.78. The van der Waals surface area contributed by atoms with Gasteiger partial charge >= 0.3 is 6.03 Å². The van der Waals surface area contributed by atoms with E-state index < -0.39 is 6.23 Å². The molecule has 1 unspecified atom stereocenters. The van der Waals surface area contributed by atoms with Gasteiger partial charge in [-0.25, -0.2) is 4.79 Å². The Labute approximate surface area is 107 Å². The van der Waals surface area contributed by atoms with E-state index in [9.17, 15) is 9.90 Å². The Balaban J connectivity index is 1.66. The van der Waals surface area contributed by atoms with Crippen LogP contribution in [-0.2, 0) is 4.74 Å². The number of aliphatic hydroxyl groups is 1. The highest BCUT2D eigenvalue weighted by Crippen LogP contribution is 2.37. The first kappa shape index (κ1) is 12.2. The van der Waals surface area contributed by atoms with E-state index in [0.29, 0.717) is 19.9 Å². The molecule has 2 aliphatic heterocycles. The number of hydrogen-bond donors (Lipinski definition) is 2. The molecule has 0 radical (unpaired) electrons. The molecule has 2 N–H and O–H groups in total. The highest BCUT2D eigenvalue weighted by molar-refractivity contribution is 5.78. The van der Waals surface area contributed by atoms with Gasteiger partial charge in [0.15, 0.2) is 6.23 Å². The van der Waals surface area contributed by atoms with Gasteiger partial charge in [0.2, 0.25) is 0 Å². The van der Waals surface area contributed by atoms with E-state index in [0.717, 1.165) is 38.8 Å². The van der Waals surface area contributed by atoms with Crippen LogP contribution in [-0.4, -0.2) is 65.7 Å². The molecule has 1 aliphatic carbocycles. The van der Waals surface area contributed by atoms with Crippen LogP contribution in [0.2, 0.25) is 0 Å². The number of carbonyl (C=O) groups excluding carboxylic acids is 1. The van der Waals surface area contributed by atoms with Crippen molar-refractivity contribution in [3.05, 3.63) is 0 Å². The number of urea groups is 1. The fourth-order valence-electron chi connectivity index (χ4n) is 3.25. The van der Waals surface area contributed by atoms with E-state index in [4.69, 9.17) is 4.74 Å². The lowest BCUT2D eigenvalue weighted by Crippen LogP contribution is -2.50. The van der Waals surface area contributed by atoms with Gasteiger partial charge < -0.3 is 15.2 Å². The van der Waals surface area contributed by atoms with Crippen molar-refractivity contribution in [2.75, 3.05) is 33.0 Å². The summed E-state index contributed by atoms with van der Waals surface area (Å²) >= 11 is 0. The normalized spacial score (nSPS) is 32.2. The zero-order valence-corrected chi connectivity index (χ0v) is 10.6. The fourth-order valence-corrected chi connectivity index (χ4v) is 3.25. The number of morpholine rings is 1. The number of carbonyl (C=O) groups is 1. The predicted octanol–water partition coefficient (Wildman–Crippen LogP) is -0.0675. The molecule has 1 atom stereocenters. The van der Waals surface area contributed by atoms with Crippen LogP contribution in [0.5, 0.6) is 0 Å². The summed E-state index contributed by atoms with van der Waals surface area (Å²) in [6.07, 6.45) is 3.26. The summed E-state index contributed by atoms with van der Waals surface area (Å²) in [5.74, 6) is 0. The summed E-state index contributed by atoms with van der Waals surface area (Å²) in [7, 11) is 0. The van der Waals surface area contributed by atoms with Crippen LogP contribution in [0.15, 0.2) is 0 Å². The van der Waals surface area contributed by atoms with E-state index in [1.165, 1.54) is 0 Å². The predicted molar refractivity (Wildman–Crippen MR) is 64.8 cm³/mol. The number of ether oxygens (including phenoxy) is 1. The van der Waals surface area contributed by atoms with Crippen molar-refractivity contribution < 1.29 is 14.6 Å². The monoisotopic (exact) mass is 255 g/mol. The molecule has 0 aromatic carbocycles. The molecule has 102 valence electrons. The Kier molecular flexibility index (Phi) is 3.17. The van der Waals surface area contributed by atoms with Crippen molar-refractivity contribution in [2.45, 2.75) is 37.5 Å². The molecular formula is C12H21N3O3. The maximum atomic E-state index is 12.0. The second-order valence-electron chi connectivity index (χ2n) is 5.51. The molecule has 3 aliphatic rings. The van der Waals surface area contributed by atoms with Crippen LogP contribution >= 0.6 is 0 Å². The molecule has 3 fully saturated rings. The summed E-state index contributed by atoms with van der Waals surface area (Å²) in [4.78, 5) is 15.7. The molecule has 0 aromatic heterocycles. The van der Waals surface area contributed by atoms with E-state index in [2.05, 4.69) is 10.2 Å². The molecule has 2 heterocycles. The Morgan fingerprint density at radius 1 is 1.33 bits per heavy atom. The van der Waals surface area contributed by atoms with Crippen molar-refractivity contribution in [1.82, 2.24) is 15.1 Å². The van der Waals surface area contributed by atoms with Crippen molar-refractivity contribution >= 4 is 6.03 Å². The zero-order valence-electron chi connectivity index (χ0n) is 10.6. The van der Waals surface area contributed by atoms with E-state index in [-0.39, 0.29) is 11.6 Å². The third kappa shape index (κ3) is 1.98. The average molecular weight is 255 g/mol. The molecule has 2 saturated heterocycles. The summed E-state index contributed by atoms with van der Waals surface area (Å²) in [6.45, 7) is 3.55. The maximum absolute atomic E-state index is 12.0.